The average molecular weight is 458 g/mol. The van der Waals surface area contributed by atoms with Gasteiger partial charge in [-0.2, -0.15) is 0 Å². The van der Waals surface area contributed by atoms with E-state index >= 15 is 0 Å². The zero-order valence-electron chi connectivity index (χ0n) is 19.3. The average Bonchev–Trinajstić information content (AvgIpc) is 2.79. The van der Waals surface area contributed by atoms with Crippen LogP contribution in [0.15, 0.2) is 87.6 Å². The number of benzene rings is 3. The zero-order valence-corrected chi connectivity index (χ0v) is 20.1. The molecule has 0 N–H and O–H groups in total. The van der Waals surface area contributed by atoms with Gasteiger partial charge in [0.2, 0.25) is 0 Å². The number of fused-ring (bicyclic) bond motifs is 1. The Bertz CT molecular complexity index is 1230. The number of nitro groups is 1. The van der Waals surface area contributed by atoms with Gasteiger partial charge in [-0.05, 0) is 87.4 Å². The molecule has 3 aromatic carbocycles. The number of anilines is 1. The molecule has 33 heavy (non-hydrogen) atoms. The molecule has 1 aliphatic heterocycles. The van der Waals surface area contributed by atoms with E-state index in [0.29, 0.717) is 0 Å². The topological polar surface area (TPSA) is 58.7 Å². The highest BCUT2D eigenvalue weighted by molar-refractivity contribution is 7.99. The lowest BCUT2D eigenvalue weighted by atomic mass is 9.88. The molecule has 6 heteroatoms. The number of non-ortho nitro benzene ring substituents is 1. The largest absolute Gasteiger partial charge is 0.363 e. The van der Waals surface area contributed by atoms with Crippen LogP contribution < -0.4 is 4.90 Å². The van der Waals surface area contributed by atoms with Gasteiger partial charge in [-0.1, -0.05) is 23.9 Å². The van der Waals surface area contributed by atoms with E-state index in [1.807, 2.05) is 30.5 Å². The summed E-state index contributed by atoms with van der Waals surface area (Å²) < 4.78 is 0. The molecule has 0 amide bonds. The summed E-state index contributed by atoms with van der Waals surface area (Å²) in [7, 11) is 0. The van der Waals surface area contributed by atoms with Crippen molar-refractivity contribution >= 4 is 40.6 Å². The summed E-state index contributed by atoms with van der Waals surface area (Å²) in [4.78, 5) is 19.5. The van der Waals surface area contributed by atoms with Gasteiger partial charge in [-0.3, -0.25) is 15.1 Å². The first kappa shape index (κ1) is 22.8. The Labute approximate surface area is 199 Å². The third-order valence-corrected chi connectivity index (χ3v) is 6.82. The van der Waals surface area contributed by atoms with E-state index in [9.17, 15) is 10.1 Å². The van der Waals surface area contributed by atoms with Crippen LogP contribution in [-0.4, -0.2) is 23.2 Å². The van der Waals surface area contributed by atoms with Gasteiger partial charge in [0.15, 0.2) is 0 Å². The van der Waals surface area contributed by atoms with Crippen molar-refractivity contribution in [3.8, 4) is 0 Å². The SMILES string of the molecule is CCN1c2ccc(C=Nc3ccc(Sc4ccc([N+](=O)[O-])cc4)cc3)cc2C(C)=CC1(C)C. The number of allylic oxidation sites excluding steroid dienone is 1. The second kappa shape index (κ2) is 9.24. The molecule has 0 aliphatic carbocycles. The van der Waals surface area contributed by atoms with Crippen LogP contribution >= 0.6 is 11.8 Å². The molecule has 0 unspecified atom stereocenters. The predicted octanol–water partition coefficient (Wildman–Crippen LogP) is 7.52. The van der Waals surface area contributed by atoms with E-state index in [2.05, 4.69) is 61.9 Å². The number of hydrogen-bond acceptors (Lipinski definition) is 5. The van der Waals surface area contributed by atoms with E-state index < -0.39 is 0 Å². The molecule has 4 rings (SSSR count). The van der Waals surface area contributed by atoms with Gasteiger partial charge in [0.05, 0.1) is 16.1 Å². The normalized spacial score (nSPS) is 14.8. The Morgan fingerprint density at radius 3 is 2.27 bits per heavy atom. The van der Waals surface area contributed by atoms with Crippen molar-refractivity contribution in [2.45, 2.75) is 43.0 Å². The molecule has 1 heterocycles. The Hall–Kier alpha value is -3.38. The van der Waals surface area contributed by atoms with Crippen LogP contribution in [0.3, 0.4) is 0 Å². The molecule has 0 bridgehead atoms. The first-order valence-electron chi connectivity index (χ1n) is 10.9. The summed E-state index contributed by atoms with van der Waals surface area (Å²) in [5, 5.41) is 10.8. The second-order valence-electron chi connectivity index (χ2n) is 8.61. The Morgan fingerprint density at radius 1 is 1.03 bits per heavy atom. The minimum Gasteiger partial charge on any atom is -0.363 e. The highest BCUT2D eigenvalue weighted by atomic mass is 32.2. The minimum absolute atomic E-state index is 0.00959. The van der Waals surface area contributed by atoms with E-state index in [0.717, 1.165) is 27.6 Å². The Morgan fingerprint density at radius 2 is 1.67 bits per heavy atom. The number of nitro benzene ring substituents is 1. The predicted molar refractivity (Wildman–Crippen MR) is 138 cm³/mol. The first-order chi connectivity index (χ1) is 15.8. The summed E-state index contributed by atoms with van der Waals surface area (Å²) in [6.45, 7) is 9.83. The number of hydrogen-bond donors (Lipinski definition) is 0. The van der Waals surface area contributed by atoms with Crippen LogP contribution in [0, 0.1) is 10.1 Å². The van der Waals surface area contributed by atoms with Gasteiger partial charge in [-0.25, -0.2) is 0 Å². The first-order valence-corrected chi connectivity index (χ1v) is 11.8. The lowest BCUT2D eigenvalue weighted by Gasteiger charge is -2.42. The summed E-state index contributed by atoms with van der Waals surface area (Å²) in [5.41, 5.74) is 5.88. The summed E-state index contributed by atoms with van der Waals surface area (Å²) in [6, 6.07) is 21.1. The van der Waals surface area contributed by atoms with Crippen molar-refractivity contribution in [1.29, 1.82) is 0 Å². The van der Waals surface area contributed by atoms with Crippen LogP contribution in [0.2, 0.25) is 0 Å². The van der Waals surface area contributed by atoms with Crippen molar-refractivity contribution in [3.05, 3.63) is 94.0 Å². The van der Waals surface area contributed by atoms with Crippen LogP contribution in [-0.2, 0) is 0 Å². The van der Waals surface area contributed by atoms with Crippen LogP contribution in [0.25, 0.3) is 5.57 Å². The fraction of sp³-hybridized carbons (Fsp3) is 0.222. The van der Waals surface area contributed by atoms with E-state index in [4.69, 9.17) is 0 Å². The molecule has 168 valence electrons. The number of aliphatic imine (C=N–C) groups is 1. The minimum atomic E-state index is -0.387. The Balaban J connectivity index is 1.47. The molecular formula is C27H27N3O2S. The van der Waals surface area contributed by atoms with Crippen molar-refractivity contribution in [2.24, 2.45) is 4.99 Å². The fourth-order valence-electron chi connectivity index (χ4n) is 4.28. The lowest BCUT2D eigenvalue weighted by Crippen LogP contribution is -2.44. The molecule has 0 spiro atoms. The molecule has 0 aromatic heterocycles. The summed E-state index contributed by atoms with van der Waals surface area (Å²) in [5.74, 6) is 0. The smallest absolute Gasteiger partial charge is 0.269 e. The van der Waals surface area contributed by atoms with Crippen molar-refractivity contribution in [1.82, 2.24) is 0 Å². The Kier molecular flexibility index (Phi) is 6.38. The van der Waals surface area contributed by atoms with Crippen molar-refractivity contribution < 1.29 is 4.92 Å². The van der Waals surface area contributed by atoms with Gasteiger partial charge in [0, 0.05) is 45.9 Å². The molecule has 0 saturated heterocycles. The van der Waals surface area contributed by atoms with E-state index in [-0.39, 0.29) is 16.1 Å². The van der Waals surface area contributed by atoms with E-state index in [1.165, 1.54) is 29.0 Å². The number of likely N-dealkylation sites (N-methyl/N-ethyl adjacent to an activating group) is 1. The van der Waals surface area contributed by atoms with Gasteiger partial charge in [0.1, 0.15) is 0 Å². The second-order valence-corrected chi connectivity index (χ2v) is 9.75. The third kappa shape index (κ3) is 5.01. The quantitative estimate of drug-likeness (QED) is 0.218. The van der Waals surface area contributed by atoms with Gasteiger partial charge in [0.25, 0.3) is 5.69 Å². The summed E-state index contributed by atoms with van der Waals surface area (Å²) in [6.07, 6.45) is 4.24. The number of nitrogens with zero attached hydrogens (tertiary/aromatic N) is 3. The van der Waals surface area contributed by atoms with Gasteiger partial charge < -0.3 is 4.90 Å². The highest BCUT2D eigenvalue weighted by Crippen LogP contribution is 2.39. The molecule has 5 nitrogen and oxygen atoms in total. The number of rotatable bonds is 6. The van der Waals surface area contributed by atoms with Gasteiger partial charge in [-0.15, -0.1) is 0 Å². The molecule has 3 aromatic rings. The van der Waals surface area contributed by atoms with E-state index in [1.54, 1.807) is 23.9 Å². The van der Waals surface area contributed by atoms with Crippen LogP contribution in [0.5, 0.6) is 0 Å². The maximum absolute atomic E-state index is 10.8. The van der Waals surface area contributed by atoms with Crippen molar-refractivity contribution in [3.63, 3.8) is 0 Å². The van der Waals surface area contributed by atoms with Gasteiger partial charge >= 0.3 is 0 Å². The van der Waals surface area contributed by atoms with Crippen LogP contribution in [0.1, 0.15) is 38.8 Å². The molecule has 0 atom stereocenters. The molecule has 0 fully saturated rings. The fourth-order valence-corrected chi connectivity index (χ4v) is 5.10. The molecule has 0 radical (unpaired) electrons. The van der Waals surface area contributed by atoms with Crippen LogP contribution in [0.4, 0.5) is 17.1 Å². The highest BCUT2D eigenvalue weighted by Gasteiger charge is 2.29. The zero-order chi connectivity index (χ0) is 23.6. The van der Waals surface area contributed by atoms with Crippen molar-refractivity contribution in [2.75, 3.05) is 11.4 Å². The lowest BCUT2D eigenvalue weighted by molar-refractivity contribution is -0.384. The summed E-state index contributed by atoms with van der Waals surface area (Å²) >= 11 is 1.56. The third-order valence-electron chi connectivity index (χ3n) is 5.80. The molecular weight excluding hydrogens is 430 g/mol. The monoisotopic (exact) mass is 457 g/mol. The maximum Gasteiger partial charge on any atom is 0.269 e. The standard InChI is InChI=1S/C27H27N3O2S/c1-5-29-26-15-6-20(16-25(26)19(2)17-27(29,3)4)18-28-21-7-11-23(12-8-21)33-24-13-9-22(10-14-24)30(31)32/h6-18H,5H2,1-4H3. The molecule has 0 saturated carbocycles. The maximum atomic E-state index is 10.8. The molecule has 1 aliphatic rings.